The quantitative estimate of drug-likeness (QED) is 0.522. The van der Waals surface area contributed by atoms with Crippen molar-refractivity contribution in [3.63, 3.8) is 0 Å². The van der Waals surface area contributed by atoms with Crippen molar-refractivity contribution in [2.75, 3.05) is 0 Å². The molecular weight excluding hydrogens is 421 g/mol. The Hall–Kier alpha value is -2.08. The van der Waals surface area contributed by atoms with Crippen LogP contribution in [0.25, 0.3) is 0 Å². The van der Waals surface area contributed by atoms with Gasteiger partial charge in [-0.25, -0.2) is 4.68 Å². The van der Waals surface area contributed by atoms with Gasteiger partial charge in [0.2, 0.25) is 0 Å². The first-order chi connectivity index (χ1) is 13.3. The summed E-state index contributed by atoms with van der Waals surface area (Å²) in [5, 5.41) is 4.52. The highest BCUT2D eigenvalue weighted by molar-refractivity contribution is 6.41. The predicted octanol–water partition coefficient (Wildman–Crippen LogP) is 4.75. The molecule has 1 aromatic carbocycles. The highest BCUT2D eigenvalue weighted by Gasteiger charge is 2.18. The Kier molecular flexibility index (Phi) is 6.28. The minimum absolute atomic E-state index is 0.0655. The summed E-state index contributed by atoms with van der Waals surface area (Å²) in [6, 6.07) is 9.55. The lowest BCUT2D eigenvalue weighted by molar-refractivity contribution is 0.0965. The van der Waals surface area contributed by atoms with Gasteiger partial charge in [-0.2, -0.15) is 5.10 Å². The Morgan fingerprint density at radius 2 is 1.79 bits per heavy atom. The van der Waals surface area contributed by atoms with Crippen LogP contribution >= 0.6 is 34.8 Å². The van der Waals surface area contributed by atoms with Gasteiger partial charge in [-0.15, -0.1) is 0 Å². The van der Waals surface area contributed by atoms with Crippen LogP contribution in [-0.2, 0) is 19.5 Å². The Morgan fingerprint density at radius 1 is 1.11 bits per heavy atom. The van der Waals surface area contributed by atoms with Gasteiger partial charge in [0.15, 0.2) is 5.78 Å². The molecule has 2 heterocycles. The van der Waals surface area contributed by atoms with Crippen molar-refractivity contribution in [2.24, 2.45) is 0 Å². The maximum atomic E-state index is 12.8. The molecule has 0 saturated heterocycles. The number of hydrogen-bond acceptors (Lipinski definition) is 3. The molecule has 0 aliphatic rings. The van der Waals surface area contributed by atoms with Gasteiger partial charge in [0.1, 0.15) is 11.6 Å². The van der Waals surface area contributed by atoms with E-state index in [1.165, 1.54) is 6.20 Å². The van der Waals surface area contributed by atoms with Gasteiger partial charge in [-0.05, 0) is 44.0 Å². The average molecular weight is 439 g/mol. The van der Waals surface area contributed by atoms with E-state index in [2.05, 4.69) is 9.67 Å². The molecule has 28 heavy (non-hydrogen) atoms. The SMILES string of the molecule is Cc1cc(C(=O)Cn2ncc(Cl)c(Cl)c2=O)c(C)n1CCc1ccc(Cl)cc1. The lowest BCUT2D eigenvalue weighted by Gasteiger charge is -2.10. The molecule has 0 saturated carbocycles. The molecule has 0 N–H and O–H groups in total. The standard InChI is InChI=1S/C20H18Cl3N3O2/c1-12-9-16(18(27)11-26-20(28)19(23)17(22)10-24-26)13(2)25(12)8-7-14-3-5-15(21)6-4-14/h3-6,9-10H,7-8,11H2,1-2H3. The third kappa shape index (κ3) is 4.32. The van der Waals surface area contributed by atoms with Crippen molar-refractivity contribution in [3.05, 3.63) is 84.5 Å². The molecule has 0 spiro atoms. The molecule has 146 valence electrons. The summed E-state index contributed by atoms with van der Waals surface area (Å²) >= 11 is 17.6. The summed E-state index contributed by atoms with van der Waals surface area (Å²) in [4.78, 5) is 24.9. The molecule has 8 heteroatoms. The average Bonchev–Trinajstić information content (AvgIpc) is 2.96. The number of carbonyl (C=O) groups is 1. The van der Waals surface area contributed by atoms with Gasteiger partial charge in [-0.3, -0.25) is 9.59 Å². The number of aryl methyl sites for hydroxylation is 2. The number of ketones is 1. The summed E-state index contributed by atoms with van der Waals surface area (Å²) in [6.07, 6.45) is 2.07. The first-order valence-corrected chi connectivity index (χ1v) is 9.77. The first-order valence-electron chi connectivity index (χ1n) is 8.63. The Labute approximate surface area is 177 Å². The zero-order chi connectivity index (χ0) is 20.4. The lowest BCUT2D eigenvalue weighted by Crippen LogP contribution is -2.27. The van der Waals surface area contributed by atoms with Crippen molar-refractivity contribution in [1.29, 1.82) is 0 Å². The summed E-state index contributed by atoms with van der Waals surface area (Å²) in [7, 11) is 0. The van der Waals surface area contributed by atoms with Crippen LogP contribution < -0.4 is 5.56 Å². The molecule has 5 nitrogen and oxygen atoms in total. The third-order valence-electron chi connectivity index (χ3n) is 4.65. The van der Waals surface area contributed by atoms with E-state index < -0.39 is 5.56 Å². The Bertz CT molecular complexity index is 1090. The number of carbonyl (C=O) groups excluding carboxylic acids is 1. The second-order valence-corrected chi connectivity index (χ2v) is 7.73. The van der Waals surface area contributed by atoms with E-state index >= 15 is 0 Å². The maximum Gasteiger partial charge on any atom is 0.287 e. The predicted molar refractivity (Wildman–Crippen MR) is 112 cm³/mol. The molecule has 3 rings (SSSR count). The van der Waals surface area contributed by atoms with E-state index in [4.69, 9.17) is 34.8 Å². The smallest absolute Gasteiger partial charge is 0.287 e. The van der Waals surface area contributed by atoms with Crippen molar-refractivity contribution in [2.45, 2.75) is 33.4 Å². The Morgan fingerprint density at radius 3 is 2.46 bits per heavy atom. The van der Waals surface area contributed by atoms with Crippen LogP contribution in [0.3, 0.4) is 0 Å². The fourth-order valence-electron chi connectivity index (χ4n) is 3.10. The van der Waals surface area contributed by atoms with Crippen LogP contribution in [0.4, 0.5) is 0 Å². The van der Waals surface area contributed by atoms with Crippen molar-refractivity contribution < 1.29 is 4.79 Å². The minimum atomic E-state index is -0.584. The number of benzene rings is 1. The van der Waals surface area contributed by atoms with Gasteiger partial charge in [0.05, 0.1) is 11.2 Å². The number of Topliss-reactive ketones (excluding diaryl/α,β-unsaturated/α-hetero) is 1. The highest BCUT2D eigenvalue weighted by Crippen LogP contribution is 2.19. The lowest BCUT2D eigenvalue weighted by atomic mass is 10.1. The molecular formula is C20H18Cl3N3O2. The fraction of sp³-hybridized carbons (Fsp3) is 0.250. The summed E-state index contributed by atoms with van der Waals surface area (Å²) in [6.45, 7) is 4.39. The highest BCUT2D eigenvalue weighted by atomic mass is 35.5. The van der Waals surface area contributed by atoms with E-state index in [9.17, 15) is 9.59 Å². The van der Waals surface area contributed by atoms with Gasteiger partial charge < -0.3 is 4.57 Å². The van der Waals surface area contributed by atoms with E-state index in [-0.39, 0.29) is 22.4 Å². The number of halogens is 3. The van der Waals surface area contributed by atoms with Crippen LogP contribution in [0.15, 0.2) is 41.3 Å². The molecule has 0 amide bonds. The monoisotopic (exact) mass is 437 g/mol. The molecule has 0 aliphatic carbocycles. The number of rotatable bonds is 6. The van der Waals surface area contributed by atoms with Crippen molar-refractivity contribution >= 4 is 40.6 Å². The van der Waals surface area contributed by atoms with Gasteiger partial charge in [-0.1, -0.05) is 46.9 Å². The van der Waals surface area contributed by atoms with Crippen molar-refractivity contribution in [3.8, 4) is 0 Å². The summed E-state index contributed by atoms with van der Waals surface area (Å²) < 4.78 is 3.11. The van der Waals surface area contributed by atoms with E-state index in [0.717, 1.165) is 34.6 Å². The molecule has 0 aliphatic heterocycles. The molecule has 0 unspecified atom stereocenters. The van der Waals surface area contributed by atoms with E-state index in [0.29, 0.717) is 10.6 Å². The molecule has 2 aromatic heterocycles. The maximum absolute atomic E-state index is 12.8. The van der Waals surface area contributed by atoms with Crippen molar-refractivity contribution in [1.82, 2.24) is 14.3 Å². The first kappa shape index (κ1) is 20.6. The fourth-order valence-corrected chi connectivity index (χ4v) is 3.50. The molecule has 0 atom stereocenters. The van der Waals surface area contributed by atoms with Gasteiger partial charge in [0, 0.05) is 28.5 Å². The number of aromatic nitrogens is 3. The molecule has 3 aromatic rings. The largest absolute Gasteiger partial charge is 0.348 e. The summed E-state index contributed by atoms with van der Waals surface area (Å²) in [5.41, 5.74) is 2.97. The summed E-state index contributed by atoms with van der Waals surface area (Å²) in [5.74, 6) is -0.209. The van der Waals surface area contributed by atoms with Gasteiger partial charge >= 0.3 is 0 Å². The third-order valence-corrected chi connectivity index (χ3v) is 5.65. The Balaban J connectivity index is 1.79. The minimum Gasteiger partial charge on any atom is -0.348 e. The second-order valence-electron chi connectivity index (χ2n) is 6.51. The topological polar surface area (TPSA) is 56.9 Å². The molecule has 0 bridgehead atoms. The zero-order valence-corrected chi connectivity index (χ0v) is 17.6. The van der Waals surface area contributed by atoms with E-state index in [1.54, 1.807) is 0 Å². The van der Waals surface area contributed by atoms with Crippen LogP contribution in [0.2, 0.25) is 15.1 Å². The normalized spacial score (nSPS) is 11.0. The van der Waals surface area contributed by atoms with Crippen LogP contribution in [-0.4, -0.2) is 20.1 Å². The number of nitrogens with zero attached hydrogens (tertiary/aromatic N) is 3. The second kappa shape index (κ2) is 8.52. The molecule has 0 fully saturated rings. The van der Waals surface area contributed by atoms with Gasteiger partial charge in [0.25, 0.3) is 5.56 Å². The van der Waals surface area contributed by atoms with E-state index in [1.807, 2.05) is 44.2 Å². The number of hydrogen-bond donors (Lipinski definition) is 0. The van der Waals surface area contributed by atoms with Crippen LogP contribution in [0.1, 0.15) is 27.3 Å². The van der Waals surface area contributed by atoms with Crippen LogP contribution in [0.5, 0.6) is 0 Å². The zero-order valence-electron chi connectivity index (χ0n) is 15.4. The van der Waals surface area contributed by atoms with Crippen LogP contribution in [0, 0.1) is 13.8 Å². The molecule has 0 radical (unpaired) electrons.